The van der Waals surface area contributed by atoms with Crippen LogP contribution in [0.2, 0.25) is 0 Å². The van der Waals surface area contributed by atoms with Crippen LogP contribution >= 0.6 is 11.3 Å². The molecule has 0 saturated carbocycles. The summed E-state index contributed by atoms with van der Waals surface area (Å²) >= 11 is 1.63. The summed E-state index contributed by atoms with van der Waals surface area (Å²) in [5, 5.41) is 0. The van der Waals surface area contributed by atoms with Crippen LogP contribution in [0.5, 0.6) is 0 Å². The molecule has 2 heterocycles. The van der Waals surface area contributed by atoms with Crippen molar-refractivity contribution in [3.8, 4) is 0 Å². The summed E-state index contributed by atoms with van der Waals surface area (Å²) in [5.41, 5.74) is -0.561. The van der Waals surface area contributed by atoms with Gasteiger partial charge in [-0.05, 0) is 34.6 Å². The molecule has 1 aromatic rings. The number of rotatable bonds is 1. The van der Waals surface area contributed by atoms with Crippen LogP contribution in [0.15, 0.2) is 6.20 Å². The molecule has 0 aliphatic carbocycles. The molecule has 0 N–H and O–H groups in total. The highest BCUT2D eigenvalue weighted by atomic mass is 32.1. The van der Waals surface area contributed by atoms with Gasteiger partial charge in [0.25, 0.3) is 0 Å². The topological polar surface area (TPSA) is 31.4 Å². The predicted octanol–water partition coefficient (Wildman–Crippen LogP) is 1.75. The van der Waals surface area contributed by atoms with Gasteiger partial charge in [-0.2, -0.15) is 0 Å². The van der Waals surface area contributed by atoms with E-state index in [2.05, 4.69) is 4.98 Å². The molecule has 1 aromatic heterocycles. The molecule has 0 atom stereocenters. The molecule has 2 rings (SSSR count). The Hall–Kier alpha value is -0.385. The molecule has 15 heavy (non-hydrogen) atoms. The number of aromatic nitrogens is 1. The third-order valence-electron chi connectivity index (χ3n) is 3.09. The van der Waals surface area contributed by atoms with Crippen LogP contribution in [-0.2, 0) is 9.31 Å². The first-order valence-corrected chi connectivity index (χ1v) is 5.91. The van der Waals surface area contributed by atoms with E-state index in [0.29, 0.717) is 0 Å². The van der Waals surface area contributed by atoms with Gasteiger partial charge < -0.3 is 9.31 Å². The minimum Gasteiger partial charge on any atom is -0.398 e. The summed E-state index contributed by atoms with van der Waals surface area (Å²) in [7, 11) is -0.311. The summed E-state index contributed by atoms with van der Waals surface area (Å²) in [6.45, 7) is 10.2. The summed E-state index contributed by atoms with van der Waals surface area (Å²) in [6, 6.07) is 0. The Morgan fingerprint density at radius 2 is 1.73 bits per heavy atom. The van der Waals surface area contributed by atoms with Crippen LogP contribution in [0.25, 0.3) is 0 Å². The molecule has 3 nitrogen and oxygen atoms in total. The SMILES string of the molecule is Cc1cnc(B2OC(C)(C)C(C)(C)O2)s1. The Balaban J connectivity index is 2.23. The Bertz CT molecular complexity index is 359. The van der Waals surface area contributed by atoms with Crippen molar-refractivity contribution < 1.29 is 9.31 Å². The molecule has 1 saturated heterocycles. The van der Waals surface area contributed by atoms with Gasteiger partial charge in [0.1, 0.15) is 4.91 Å². The van der Waals surface area contributed by atoms with Crippen molar-refractivity contribution in [1.29, 1.82) is 0 Å². The quantitative estimate of drug-likeness (QED) is 0.682. The number of thiazole rings is 1. The maximum absolute atomic E-state index is 5.89. The van der Waals surface area contributed by atoms with Gasteiger partial charge in [0.2, 0.25) is 0 Å². The molecule has 82 valence electrons. The maximum atomic E-state index is 5.89. The second-order valence-electron chi connectivity index (χ2n) is 4.90. The average Bonchev–Trinajstić information content (AvgIpc) is 2.56. The van der Waals surface area contributed by atoms with E-state index < -0.39 is 0 Å². The lowest BCUT2D eigenvalue weighted by atomic mass is 9.90. The van der Waals surface area contributed by atoms with Gasteiger partial charge >= 0.3 is 7.12 Å². The van der Waals surface area contributed by atoms with Crippen LogP contribution in [-0.4, -0.2) is 23.3 Å². The highest BCUT2D eigenvalue weighted by Gasteiger charge is 2.52. The van der Waals surface area contributed by atoms with Gasteiger partial charge in [-0.25, -0.2) is 0 Å². The molecule has 5 heteroatoms. The molecule has 0 unspecified atom stereocenters. The number of nitrogens with zero attached hydrogens (tertiary/aromatic N) is 1. The molecule has 0 bridgehead atoms. The Labute approximate surface area is 95.0 Å². The van der Waals surface area contributed by atoms with E-state index in [4.69, 9.17) is 9.31 Å². The van der Waals surface area contributed by atoms with E-state index >= 15 is 0 Å². The van der Waals surface area contributed by atoms with Crippen molar-refractivity contribution in [2.24, 2.45) is 0 Å². The smallest absolute Gasteiger partial charge is 0.398 e. The Kier molecular flexibility index (Phi) is 2.45. The van der Waals surface area contributed by atoms with Crippen LogP contribution in [0, 0.1) is 6.92 Å². The first kappa shape index (κ1) is 11.1. The average molecular weight is 225 g/mol. The standard InChI is InChI=1S/C10H16BNO2S/c1-7-6-12-8(15-7)11-13-9(2,3)10(4,5)14-11/h6H,1-5H3. The first-order chi connectivity index (χ1) is 6.82. The zero-order valence-electron chi connectivity index (χ0n) is 9.83. The predicted molar refractivity (Wildman–Crippen MR) is 62.6 cm³/mol. The Morgan fingerprint density at radius 1 is 1.20 bits per heavy atom. The van der Waals surface area contributed by atoms with Crippen LogP contribution in [0.1, 0.15) is 32.6 Å². The third kappa shape index (κ3) is 1.84. The monoisotopic (exact) mass is 225 g/mol. The van der Waals surface area contributed by atoms with Crippen molar-refractivity contribution in [3.05, 3.63) is 11.1 Å². The minimum absolute atomic E-state index is 0.281. The fraction of sp³-hybridized carbons (Fsp3) is 0.700. The lowest BCUT2D eigenvalue weighted by molar-refractivity contribution is 0.00578. The largest absolute Gasteiger partial charge is 0.525 e. The normalized spacial score (nSPS) is 23.4. The fourth-order valence-electron chi connectivity index (χ4n) is 1.43. The van der Waals surface area contributed by atoms with Crippen molar-refractivity contribution in [2.45, 2.75) is 45.8 Å². The molecule has 1 aliphatic heterocycles. The highest BCUT2D eigenvalue weighted by Crippen LogP contribution is 2.36. The third-order valence-corrected chi connectivity index (χ3v) is 4.03. The van der Waals surface area contributed by atoms with E-state index in [-0.39, 0.29) is 18.3 Å². The number of hydrogen-bond donors (Lipinski definition) is 0. The van der Waals surface area contributed by atoms with Gasteiger partial charge in [-0.1, -0.05) is 0 Å². The summed E-state index contributed by atoms with van der Waals surface area (Å²) in [5.74, 6) is 0. The summed E-state index contributed by atoms with van der Waals surface area (Å²) in [6.07, 6.45) is 1.85. The molecular formula is C10H16BNO2S. The fourth-order valence-corrected chi connectivity index (χ4v) is 2.16. The highest BCUT2D eigenvalue weighted by molar-refractivity contribution is 7.21. The molecule has 1 aliphatic rings. The lowest BCUT2D eigenvalue weighted by Gasteiger charge is -2.32. The maximum Gasteiger partial charge on any atom is 0.525 e. The van der Waals surface area contributed by atoms with Crippen LogP contribution < -0.4 is 4.91 Å². The van der Waals surface area contributed by atoms with E-state index in [0.717, 1.165) is 4.91 Å². The van der Waals surface area contributed by atoms with Crippen LogP contribution in [0.4, 0.5) is 0 Å². The van der Waals surface area contributed by atoms with Crippen LogP contribution in [0.3, 0.4) is 0 Å². The van der Waals surface area contributed by atoms with Gasteiger partial charge in [0.05, 0.1) is 11.2 Å². The molecule has 0 amide bonds. The van der Waals surface area contributed by atoms with Crippen molar-refractivity contribution in [2.75, 3.05) is 0 Å². The van der Waals surface area contributed by atoms with Crippen molar-refractivity contribution in [3.63, 3.8) is 0 Å². The van der Waals surface area contributed by atoms with Crippen molar-refractivity contribution >= 4 is 23.4 Å². The lowest BCUT2D eigenvalue weighted by Crippen LogP contribution is -2.41. The summed E-state index contributed by atoms with van der Waals surface area (Å²) < 4.78 is 11.8. The summed E-state index contributed by atoms with van der Waals surface area (Å²) in [4.78, 5) is 6.39. The van der Waals surface area contributed by atoms with E-state index in [1.165, 1.54) is 4.88 Å². The minimum atomic E-state index is -0.311. The molecule has 0 spiro atoms. The van der Waals surface area contributed by atoms with Gasteiger partial charge in [-0.15, -0.1) is 11.3 Å². The van der Waals surface area contributed by atoms with E-state index in [9.17, 15) is 0 Å². The molecular weight excluding hydrogens is 209 g/mol. The Morgan fingerprint density at radius 3 is 2.13 bits per heavy atom. The molecule has 0 aromatic carbocycles. The molecule has 1 fully saturated rings. The second-order valence-corrected chi connectivity index (χ2v) is 6.16. The molecule has 0 radical (unpaired) electrons. The zero-order chi connectivity index (χ0) is 11.3. The van der Waals surface area contributed by atoms with E-state index in [1.807, 2.05) is 40.8 Å². The van der Waals surface area contributed by atoms with Crippen molar-refractivity contribution in [1.82, 2.24) is 4.98 Å². The van der Waals surface area contributed by atoms with Gasteiger partial charge in [-0.3, -0.25) is 4.98 Å². The van der Waals surface area contributed by atoms with E-state index in [1.54, 1.807) is 11.3 Å². The number of aryl methyl sites for hydroxylation is 1. The second kappa shape index (κ2) is 3.30. The first-order valence-electron chi connectivity index (χ1n) is 5.10. The number of hydrogen-bond acceptors (Lipinski definition) is 4. The van der Waals surface area contributed by atoms with Gasteiger partial charge in [0, 0.05) is 11.1 Å². The van der Waals surface area contributed by atoms with Gasteiger partial charge in [0.15, 0.2) is 0 Å². The zero-order valence-corrected chi connectivity index (χ0v) is 10.6.